The van der Waals surface area contributed by atoms with Gasteiger partial charge in [-0.3, -0.25) is 9.89 Å². The Morgan fingerprint density at radius 3 is 2.57 bits per heavy atom. The van der Waals surface area contributed by atoms with E-state index < -0.39 is 0 Å². The Bertz CT molecular complexity index is 518. The summed E-state index contributed by atoms with van der Waals surface area (Å²) in [5, 5.41) is 3.19. The van der Waals surface area contributed by atoms with Crippen molar-refractivity contribution in [3.05, 3.63) is 29.8 Å². The molecule has 1 fully saturated rings. The van der Waals surface area contributed by atoms with Crippen molar-refractivity contribution in [3.63, 3.8) is 0 Å². The SMILES string of the molecule is Cc1cccc(NC(N)=NCC(C(C)C)N2CCN(C)CC2)c1. The molecule has 1 unspecified atom stereocenters. The molecule has 0 spiro atoms. The third kappa shape index (κ3) is 5.52. The quantitative estimate of drug-likeness (QED) is 0.644. The van der Waals surface area contributed by atoms with Crippen LogP contribution in [-0.2, 0) is 0 Å². The molecule has 3 N–H and O–H groups in total. The molecule has 1 aliphatic rings. The molecule has 1 heterocycles. The highest BCUT2D eigenvalue weighted by Crippen LogP contribution is 2.14. The monoisotopic (exact) mass is 317 g/mol. The first kappa shape index (κ1) is 17.8. The average Bonchev–Trinajstić information content (AvgIpc) is 2.49. The number of anilines is 1. The summed E-state index contributed by atoms with van der Waals surface area (Å²) in [4.78, 5) is 9.52. The highest BCUT2D eigenvalue weighted by atomic mass is 15.3. The van der Waals surface area contributed by atoms with Gasteiger partial charge in [0.1, 0.15) is 0 Å². The van der Waals surface area contributed by atoms with E-state index in [9.17, 15) is 0 Å². The maximum Gasteiger partial charge on any atom is 0.193 e. The van der Waals surface area contributed by atoms with Gasteiger partial charge in [0.25, 0.3) is 0 Å². The third-order valence-corrected chi connectivity index (χ3v) is 4.52. The summed E-state index contributed by atoms with van der Waals surface area (Å²) in [6, 6.07) is 8.62. The molecule has 0 saturated carbocycles. The fourth-order valence-electron chi connectivity index (χ4n) is 3.00. The van der Waals surface area contributed by atoms with Crippen LogP contribution < -0.4 is 11.1 Å². The van der Waals surface area contributed by atoms with Gasteiger partial charge in [-0.05, 0) is 37.6 Å². The van der Waals surface area contributed by atoms with Gasteiger partial charge < -0.3 is 16.0 Å². The Balaban J connectivity index is 1.94. The summed E-state index contributed by atoms with van der Waals surface area (Å²) in [6.45, 7) is 11.8. The van der Waals surface area contributed by atoms with Crippen LogP contribution in [0.1, 0.15) is 19.4 Å². The number of rotatable bonds is 5. The summed E-state index contributed by atoms with van der Waals surface area (Å²) in [7, 11) is 2.18. The largest absolute Gasteiger partial charge is 0.370 e. The number of hydrogen-bond donors (Lipinski definition) is 2. The van der Waals surface area contributed by atoms with Crippen LogP contribution in [0.2, 0.25) is 0 Å². The van der Waals surface area contributed by atoms with Crippen molar-refractivity contribution in [2.45, 2.75) is 26.8 Å². The van der Waals surface area contributed by atoms with Gasteiger partial charge in [0.2, 0.25) is 0 Å². The summed E-state index contributed by atoms with van der Waals surface area (Å²) < 4.78 is 0. The Kier molecular flexibility index (Phi) is 6.42. The van der Waals surface area contributed by atoms with Crippen molar-refractivity contribution >= 4 is 11.6 Å². The van der Waals surface area contributed by atoms with Crippen LogP contribution in [0, 0.1) is 12.8 Å². The molecular weight excluding hydrogens is 286 g/mol. The molecule has 0 bridgehead atoms. The second kappa shape index (κ2) is 8.31. The lowest BCUT2D eigenvalue weighted by Crippen LogP contribution is -2.51. The number of hydrogen-bond acceptors (Lipinski definition) is 3. The average molecular weight is 317 g/mol. The highest BCUT2D eigenvalue weighted by Gasteiger charge is 2.24. The van der Waals surface area contributed by atoms with E-state index in [0.29, 0.717) is 17.9 Å². The summed E-state index contributed by atoms with van der Waals surface area (Å²) >= 11 is 0. The predicted molar refractivity (Wildman–Crippen MR) is 99.0 cm³/mol. The highest BCUT2D eigenvalue weighted by molar-refractivity contribution is 5.92. The minimum Gasteiger partial charge on any atom is -0.370 e. The van der Waals surface area contributed by atoms with Crippen LogP contribution in [0.4, 0.5) is 5.69 Å². The number of nitrogens with one attached hydrogen (secondary N) is 1. The summed E-state index contributed by atoms with van der Waals surface area (Å²) in [5.41, 5.74) is 8.27. The molecule has 23 heavy (non-hydrogen) atoms. The van der Waals surface area contributed by atoms with Crippen molar-refractivity contribution in [1.29, 1.82) is 0 Å². The molecule has 1 aromatic carbocycles. The molecule has 0 radical (unpaired) electrons. The van der Waals surface area contributed by atoms with Crippen LogP contribution in [0.15, 0.2) is 29.3 Å². The van der Waals surface area contributed by atoms with Gasteiger partial charge in [0.15, 0.2) is 5.96 Å². The maximum absolute atomic E-state index is 6.07. The van der Waals surface area contributed by atoms with E-state index >= 15 is 0 Å². The number of guanidine groups is 1. The molecule has 128 valence electrons. The van der Waals surface area contributed by atoms with Gasteiger partial charge in [-0.25, -0.2) is 0 Å². The molecule has 5 heteroatoms. The zero-order valence-electron chi connectivity index (χ0n) is 14.9. The molecule has 5 nitrogen and oxygen atoms in total. The fourth-order valence-corrected chi connectivity index (χ4v) is 3.00. The number of piperazine rings is 1. The molecule has 0 amide bonds. The molecule has 0 aliphatic carbocycles. The van der Waals surface area contributed by atoms with E-state index in [1.54, 1.807) is 0 Å². The Morgan fingerprint density at radius 2 is 1.96 bits per heavy atom. The Hall–Kier alpha value is -1.59. The molecule has 0 aromatic heterocycles. The molecule has 1 aromatic rings. The zero-order valence-corrected chi connectivity index (χ0v) is 14.9. The second-order valence-corrected chi connectivity index (χ2v) is 6.87. The second-order valence-electron chi connectivity index (χ2n) is 6.87. The van der Waals surface area contributed by atoms with Crippen molar-refractivity contribution in [2.75, 3.05) is 45.1 Å². The Morgan fingerprint density at radius 1 is 1.26 bits per heavy atom. The number of benzene rings is 1. The molecule has 2 rings (SSSR count). The van der Waals surface area contributed by atoms with E-state index in [4.69, 9.17) is 5.73 Å². The first-order valence-corrected chi connectivity index (χ1v) is 8.52. The van der Waals surface area contributed by atoms with Crippen LogP contribution in [-0.4, -0.2) is 61.6 Å². The van der Waals surface area contributed by atoms with Gasteiger partial charge >= 0.3 is 0 Å². The van der Waals surface area contributed by atoms with Gasteiger partial charge in [0, 0.05) is 37.9 Å². The number of aliphatic imine (C=N–C) groups is 1. The zero-order chi connectivity index (χ0) is 16.8. The lowest BCUT2D eigenvalue weighted by Gasteiger charge is -2.39. The van der Waals surface area contributed by atoms with Gasteiger partial charge in [-0.15, -0.1) is 0 Å². The normalized spacial score (nSPS) is 19.1. The molecule has 1 aliphatic heterocycles. The van der Waals surface area contributed by atoms with E-state index in [1.807, 2.05) is 12.1 Å². The summed E-state index contributed by atoms with van der Waals surface area (Å²) in [6.07, 6.45) is 0. The van der Waals surface area contributed by atoms with Crippen molar-refractivity contribution in [1.82, 2.24) is 9.80 Å². The minimum atomic E-state index is 0.446. The first-order valence-electron chi connectivity index (χ1n) is 8.52. The molecular formula is C18H31N5. The first-order chi connectivity index (χ1) is 11.0. The number of nitrogens with zero attached hydrogens (tertiary/aromatic N) is 3. The van der Waals surface area contributed by atoms with Gasteiger partial charge in [0.05, 0.1) is 6.54 Å². The van der Waals surface area contributed by atoms with Gasteiger partial charge in [-0.1, -0.05) is 26.0 Å². The van der Waals surface area contributed by atoms with Crippen molar-refractivity contribution in [2.24, 2.45) is 16.6 Å². The van der Waals surface area contributed by atoms with E-state index in [0.717, 1.165) is 38.4 Å². The third-order valence-electron chi connectivity index (χ3n) is 4.52. The van der Waals surface area contributed by atoms with Crippen LogP contribution in [0.25, 0.3) is 0 Å². The fraction of sp³-hybridized carbons (Fsp3) is 0.611. The van der Waals surface area contributed by atoms with Crippen molar-refractivity contribution in [3.8, 4) is 0 Å². The van der Waals surface area contributed by atoms with Crippen LogP contribution in [0.3, 0.4) is 0 Å². The van der Waals surface area contributed by atoms with E-state index in [2.05, 4.69) is 60.1 Å². The van der Waals surface area contributed by atoms with Gasteiger partial charge in [-0.2, -0.15) is 0 Å². The Labute approximate surface area is 140 Å². The smallest absolute Gasteiger partial charge is 0.193 e. The lowest BCUT2D eigenvalue weighted by atomic mass is 10.0. The minimum absolute atomic E-state index is 0.446. The van der Waals surface area contributed by atoms with E-state index in [1.165, 1.54) is 5.56 Å². The van der Waals surface area contributed by atoms with Crippen molar-refractivity contribution < 1.29 is 0 Å². The molecule has 1 saturated heterocycles. The standard InChI is InChI=1S/C18H31N5/c1-14(2)17(23-10-8-22(4)9-11-23)13-20-18(19)21-16-7-5-6-15(3)12-16/h5-7,12,14,17H,8-11,13H2,1-4H3,(H3,19,20,21). The van der Waals surface area contributed by atoms with Crippen LogP contribution >= 0.6 is 0 Å². The number of likely N-dealkylation sites (N-methyl/N-ethyl adjacent to an activating group) is 1. The lowest BCUT2D eigenvalue weighted by molar-refractivity contribution is 0.0926. The summed E-state index contributed by atoms with van der Waals surface area (Å²) in [5.74, 6) is 1.06. The van der Waals surface area contributed by atoms with E-state index in [-0.39, 0.29) is 0 Å². The maximum atomic E-state index is 6.07. The predicted octanol–water partition coefficient (Wildman–Crippen LogP) is 1.99. The number of aryl methyl sites for hydroxylation is 1. The molecule has 1 atom stereocenters. The van der Waals surface area contributed by atoms with Crippen LogP contribution in [0.5, 0.6) is 0 Å². The topological polar surface area (TPSA) is 56.9 Å². The number of nitrogens with two attached hydrogens (primary N) is 1.